The van der Waals surface area contributed by atoms with Gasteiger partial charge in [-0.25, -0.2) is 4.79 Å². The summed E-state index contributed by atoms with van der Waals surface area (Å²) in [6.07, 6.45) is 2.72. The predicted octanol–water partition coefficient (Wildman–Crippen LogP) is 2.82. The standard InChI is InChI=1S/C19H20N4O4S2/c1-4-27-19(24)17-13-9-10-14-15(16(13)20-21-17)18(28-3)22-23(14)29(25,26)12-7-5-11(2)6-8-12/h5-8H,4,9-10H2,1-3H3,(H,20,21). The smallest absolute Gasteiger partial charge is 0.356 e. The highest BCUT2D eigenvalue weighted by molar-refractivity contribution is 7.98. The Morgan fingerprint density at radius 1 is 1.28 bits per heavy atom. The minimum absolute atomic E-state index is 0.182. The lowest BCUT2D eigenvalue weighted by Gasteiger charge is -2.15. The zero-order valence-corrected chi connectivity index (χ0v) is 17.9. The van der Waals surface area contributed by atoms with Gasteiger partial charge in [0.15, 0.2) is 0 Å². The highest BCUT2D eigenvalue weighted by Gasteiger charge is 2.34. The molecule has 0 saturated heterocycles. The normalized spacial score (nSPS) is 13.1. The molecule has 2 heterocycles. The van der Waals surface area contributed by atoms with Crippen LogP contribution in [0, 0.1) is 6.92 Å². The second-order valence-electron chi connectivity index (χ2n) is 6.64. The number of carbonyl (C=O) groups is 1. The fourth-order valence-corrected chi connectivity index (χ4v) is 5.43. The van der Waals surface area contributed by atoms with Crippen LogP contribution < -0.4 is 0 Å². The van der Waals surface area contributed by atoms with Crippen LogP contribution in [0.15, 0.2) is 34.2 Å². The van der Waals surface area contributed by atoms with Crippen LogP contribution in [0.25, 0.3) is 11.3 Å². The van der Waals surface area contributed by atoms with Gasteiger partial charge in [0.05, 0.1) is 22.8 Å². The van der Waals surface area contributed by atoms with E-state index in [4.69, 9.17) is 4.74 Å². The fourth-order valence-electron chi connectivity index (χ4n) is 3.45. The highest BCUT2D eigenvalue weighted by atomic mass is 32.2. The second kappa shape index (κ2) is 7.34. The first-order valence-corrected chi connectivity index (χ1v) is 11.8. The van der Waals surface area contributed by atoms with E-state index >= 15 is 0 Å². The molecule has 0 amide bonds. The summed E-state index contributed by atoms with van der Waals surface area (Å²) < 4.78 is 32.7. The molecule has 0 fully saturated rings. The number of hydrogen-bond acceptors (Lipinski definition) is 7. The van der Waals surface area contributed by atoms with Gasteiger partial charge in [-0.15, -0.1) is 11.8 Å². The third kappa shape index (κ3) is 3.16. The van der Waals surface area contributed by atoms with Gasteiger partial charge in [0.2, 0.25) is 0 Å². The van der Waals surface area contributed by atoms with Crippen LogP contribution in [0.3, 0.4) is 0 Å². The van der Waals surface area contributed by atoms with Crippen LogP contribution >= 0.6 is 11.8 Å². The predicted molar refractivity (Wildman–Crippen MR) is 109 cm³/mol. The topological polar surface area (TPSA) is 107 Å². The number of benzene rings is 1. The molecule has 1 aromatic carbocycles. The Morgan fingerprint density at radius 3 is 2.66 bits per heavy atom. The van der Waals surface area contributed by atoms with Crippen LogP contribution in [0.5, 0.6) is 0 Å². The van der Waals surface area contributed by atoms with Crippen molar-refractivity contribution in [3.05, 3.63) is 46.8 Å². The Morgan fingerprint density at radius 2 is 2.00 bits per heavy atom. The molecule has 0 bridgehead atoms. The van der Waals surface area contributed by atoms with E-state index in [1.54, 1.807) is 31.2 Å². The maximum absolute atomic E-state index is 13.2. The van der Waals surface area contributed by atoms with Crippen molar-refractivity contribution in [2.45, 2.75) is 36.6 Å². The summed E-state index contributed by atoms with van der Waals surface area (Å²) in [4.78, 5) is 12.4. The summed E-state index contributed by atoms with van der Waals surface area (Å²) >= 11 is 1.34. The van der Waals surface area contributed by atoms with Crippen molar-refractivity contribution in [3.63, 3.8) is 0 Å². The van der Waals surface area contributed by atoms with E-state index in [2.05, 4.69) is 15.3 Å². The van der Waals surface area contributed by atoms with Gasteiger partial charge in [0.25, 0.3) is 10.0 Å². The Bertz CT molecular complexity index is 1190. The van der Waals surface area contributed by atoms with Crippen molar-refractivity contribution >= 4 is 27.8 Å². The van der Waals surface area contributed by atoms with E-state index in [0.717, 1.165) is 15.2 Å². The van der Waals surface area contributed by atoms with Crippen LogP contribution in [0.2, 0.25) is 0 Å². The SMILES string of the molecule is CCOC(=O)c1[nH]nc2c1CCc1c-2c(SC)nn1S(=O)(=O)c1ccc(C)cc1. The summed E-state index contributed by atoms with van der Waals surface area (Å²) in [5.41, 5.74) is 3.81. The molecule has 8 nitrogen and oxygen atoms in total. The molecular formula is C19H20N4O4S2. The van der Waals surface area contributed by atoms with Crippen molar-refractivity contribution in [2.24, 2.45) is 0 Å². The molecule has 2 aromatic heterocycles. The molecule has 1 N–H and O–H groups in total. The quantitative estimate of drug-likeness (QED) is 0.488. The minimum atomic E-state index is -3.84. The van der Waals surface area contributed by atoms with E-state index in [1.807, 2.05) is 13.2 Å². The van der Waals surface area contributed by atoms with Crippen LogP contribution in [-0.4, -0.2) is 46.6 Å². The number of aromatic nitrogens is 4. The van der Waals surface area contributed by atoms with Gasteiger partial charge in [-0.1, -0.05) is 17.7 Å². The third-order valence-corrected chi connectivity index (χ3v) is 7.15. The number of aromatic amines is 1. The van der Waals surface area contributed by atoms with E-state index < -0.39 is 16.0 Å². The van der Waals surface area contributed by atoms with Crippen molar-refractivity contribution in [1.82, 2.24) is 19.4 Å². The van der Waals surface area contributed by atoms with E-state index in [0.29, 0.717) is 40.5 Å². The number of rotatable bonds is 5. The zero-order chi connectivity index (χ0) is 20.8. The molecule has 0 unspecified atom stereocenters. The van der Waals surface area contributed by atoms with E-state index in [1.165, 1.54) is 11.8 Å². The van der Waals surface area contributed by atoms with Gasteiger partial charge in [0.1, 0.15) is 16.4 Å². The van der Waals surface area contributed by atoms with Crippen molar-refractivity contribution in [3.8, 4) is 11.3 Å². The Kier molecular flexibility index (Phi) is 4.99. The first-order chi connectivity index (χ1) is 13.9. The average Bonchev–Trinajstić information content (AvgIpc) is 3.30. The van der Waals surface area contributed by atoms with Gasteiger partial charge < -0.3 is 4.74 Å². The minimum Gasteiger partial charge on any atom is -0.461 e. The highest BCUT2D eigenvalue weighted by Crippen LogP contribution is 2.40. The summed E-state index contributed by atoms with van der Waals surface area (Å²) in [5, 5.41) is 12.0. The number of fused-ring (bicyclic) bond motifs is 3. The second-order valence-corrected chi connectivity index (χ2v) is 9.20. The Balaban J connectivity index is 1.86. The average molecular weight is 433 g/mol. The summed E-state index contributed by atoms with van der Waals surface area (Å²) in [6, 6.07) is 6.68. The molecule has 0 radical (unpaired) electrons. The van der Waals surface area contributed by atoms with Gasteiger partial charge in [-0.3, -0.25) is 5.10 Å². The summed E-state index contributed by atoms with van der Waals surface area (Å²) in [5.74, 6) is -0.463. The van der Waals surface area contributed by atoms with Gasteiger partial charge in [0, 0.05) is 5.56 Å². The van der Waals surface area contributed by atoms with Gasteiger partial charge in [-0.05, 0) is 45.1 Å². The summed E-state index contributed by atoms with van der Waals surface area (Å²) in [6.45, 7) is 3.91. The number of carbonyl (C=O) groups excluding carboxylic acids is 1. The molecule has 0 saturated carbocycles. The van der Waals surface area contributed by atoms with Crippen LogP contribution in [-0.2, 0) is 27.6 Å². The maximum atomic E-state index is 13.2. The van der Waals surface area contributed by atoms with E-state index in [-0.39, 0.29) is 11.5 Å². The molecule has 3 aromatic rings. The number of thioether (sulfide) groups is 1. The van der Waals surface area contributed by atoms with E-state index in [9.17, 15) is 13.2 Å². The molecule has 4 rings (SSSR count). The molecule has 0 atom stereocenters. The number of nitrogens with one attached hydrogen (secondary N) is 1. The molecule has 10 heteroatoms. The zero-order valence-electron chi connectivity index (χ0n) is 16.2. The van der Waals surface area contributed by atoms with Crippen LogP contribution in [0.4, 0.5) is 0 Å². The van der Waals surface area contributed by atoms with Gasteiger partial charge in [-0.2, -0.15) is 22.7 Å². The number of nitrogens with zero attached hydrogens (tertiary/aromatic N) is 3. The van der Waals surface area contributed by atoms with Crippen LogP contribution in [0.1, 0.15) is 34.2 Å². The van der Waals surface area contributed by atoms with Crippen molar-refractivity contribution in [2.75, 3.05) is 12.9 Å². The number of ether oxygens (including phenoxy) is 1. The van der Waals surface area contributed by atoms with Gasteiger partial charge >= 0.3 is 5.97 Å². The monoisotopic (exact) mass is 432 g/mol. The largest absolute Gasteiger partial charge is 0.461 e. The molecular weight excluding hydrogens is 412 g/mol. The molecule has 1 aliphatic rings. The van der Waals surface area contributed by atoms with Crippen molar-refractivity contribution in [1.29, 1.82) is 0 Å². The summed E-state index contributed by atoms with van der Waals surface area (Å²) in [7, 11) is -3.84. The maximum Gasteiger partial charge on any atom is 0.356 e. The third-order valence-electron chi connectivity index (χ3n) is 4.85. The Labute approximate surface area is 172 Å². The first kappa shape index (κ1) is 19.7. The number of H-pyrrole nitrogens is 1. The number of hydrogen-bond donors (Lipinski definition) is 1. The number of aryl methyl sites for hydroxylation is 1. The lowest BCUT2D eigenvalue weighted by molar-refractivity contribution is 0.0518. The lowest BCUT2D eigenvalue weighted by atomic mass is 9.94. The fraction of sp³-hybridized carbons (Fsp3) is 0.316. The number of esters is 1. The molecule has 0 spiro atoms. The van der Waals surface area contributed by atoms with Crippen molar-refractivity contribution < 1.29 is 17.9 Å². The molecule has 152 valence electrons. The molecule has 29 heavy (non-hydrogen) atoms. The lowest BCUT2D eigenvalue weighted by Crippen LogP contribution is -2.19. The molecule has 0 aliphatic heterocycles. The molecule has 1 aliphatic carbocycles. The Hall–Kier alpha value is -2.59. The first-order valence-electron chi connectivity index (χ1n) is 9.11.